The van der Waals surface area contributed by atoms with Gasteiger partial charge in [-0.3, -0.25) is 4.79 Å². The van der Waals surface area contributed by atoms with Gasteiger partial charge in [-0.05, 0) is 49.3 Å². The molecule has 1 aromatic carbocycles. The van der Waals surface area contributed by atoms with E-state index in [1.807, 2.05) is 12.1 Å². The molecule has 2 aromatic rings. The van der Waals surface area contributed by atoms with Crippen molar-refractivity contribution in [3.05, 3.63) is 52.7 Å². The minimum Gasteiger partial charge on any atom is -0.481 e. The number of benzene rings is 1. The quantitative estimate of drug-likeness (QED) is 0.812. The lowest BCUT2D eigenvalue weighted by Gasteiger charge is -2.27. The normalized spacial score (nSPS) is 19.9. The lowest BCUT2D eigenvalue weighted by atomic mass is 9.85. The molecule has 1 aliphatic carbocycles. The van der Waals surface area contributed by atoms with Gasteiger partial charge in [0.05, 0.1) is 6.20 Å². The van der Waals surface area contributed by atoms with Crippen molar-refractivity contribution in [2.75, 3.05) is 0 Å². The van der Waals surface area contributed by atoms with E-state index in [0.717, 1.165) is 24.6 Å². The Morgan fingerprint density at radius 2 is 1.92 bits per heavy atom. The number of ether oxygens (including phenoxy) is 1. The molecule has 0 bridgehead atoms. The van der Waals surface area contributed by atoms with Gasteiger partial charge in [0.1, 0.15) is 11.9 Å². The molecule has 0 unspecified atom stereocenters. The zero-order valence-electron chi connectivity index (χ0n) is 14.2. The van der Waals surface area contributed by atoms with Crippen LogP contribution in [0.5, 0.6) is 5.88 Å². The van der Waals surface area contributed by atoms with E-state index in [4.69, 9.17) is 21.4 Å². The molecule has 1 aromatic heterocycles. The summed E-state index contributed by atoms with van der Waals surface area (Å²) in [6.07, 6.45) is 4.56. The van der Waals surface area contributed by atoms with Crippen LogP contribution in [0.4, 0.5) is 4.39 Å². The molecule has 5 nitrogen and oxygen atoms in total. The van der Waals surface area contributed by atoms with Gasteiger partial charge in [0.2, 0.25) is 5.82 Å². The molecular weight excluding hydrogens is 359 g/mol. The third-order valence-corrected chi connectivity index (χ3v) is 4.82. The van der Waals surface area contributed by atoms with Crippen LogP contribution < -0.4 is 4.74 Å². The highest BCUT2D eigenvalue weighted by Crippen LogP contribution is 2.29. The molecule has 0 radical (unpaired) electrons. The first-order valence-electron chi connectivity index (χ1n) is 8.64. The predicted octanol–water partition coefficient (Wildman–Crippen LogP) is 4.27. The fourth-order valence-corrected chi connectivity index (χ4v) is 3.32. The van der Waals surface area contributed by atoms with Gasteiger partial charge in [0, 0.05) is 17.9 Å². The maximum Gasteiger partial charge on any atom is 0.303 e. The van der Waals surface area contributed by atoms with E-state index < -0.39 is 11.8 Å². The van der Waals surface area contributed by atoms with Crippen LogP contribution in [0, 0.1) is 11.7 Å². The van der Waals surface area contributed by atoms with E-state index in [9.17, 15) is 9.18 Å². The Bertz CT molecular complexity index is 762. The van der Waals surface area contributed by atoms with Crippen LogP contribution in [-0.2, 0) is 11.2 Å². The maximum atomic E-state index is 14.0. The van der Waals surface area contributed by atoms with Gasteiger partial charge in [-0.1, -0.05) is 23.7 Å². The zero-order valence-corrected chi connectivity index (χ0v) is 15.0. The molecular formula is C19H20ClFN2O3. The number of halogens is 2. The lowest BCUT2D eigenvalue weighted by Crippen LogP contribution is -2.26. The van der Waals surface area contributed by atoms with Crippen molar-refractivity contribution in [1.29, 1.82) is 0 Å². The van der Waals surface area contributed by atoms with Crippen LogP contribution in [0.15, 0.2) is 30.5 Å². The second-order valence-electron chi connectivity index (χ2n) is 6.60. The van der Waals surface area contributed by atoms with Crippen LogP contribution in [-0.4, -0.2) is 27.1 Å². The summed E-state index contributed by atoms with van der Waals surface area (Å²) in [5.41, 5.74) is 0.973. The van der Waals surface area contributed by atoms with E-state index in [2.05, 4.69) is 9.97 Å². The van der Waals surface area contributed by atoms with Crippen LogP contribution in [0.3, 0.4) is 0 Å². The largest absolute Gasteiger partial charge is 0.481 e. The smallest absolute Gasteiger partial charge is 0.303 e. The Labute approximate surface area is 156 Å². The van der Waals surface area contributed by atoms with Gasteiger partial charge in [-0.15, -0.1) is 0 Å². The number of carbonyl (C=O) groups is 1. The molecule has 3 rings (SSSR count). The van der Waals surface area contributed by atoms with E-state index in [1.165, 1.54) is 0 Å². The summed E-state index contributed by atoms with van der Waals surface area (Å²) < 4.78 is 19.8. The van der Waals surface area contributed by atoms with Crippen molar-refractivity contribution in [3.63, 3.8) is 0 Å². The first kappa shape index (κ1) is 18.6. The van der Waals surface area contributed by atoms with Crippen molar-refractivity contribution < 1.29 is 19.0 Å². The topological polar surface area (TPSA) is 72.3 Å². The molecule has 0 saturated heterocycles. The summed E-state index contributed by atoms with van der Waals surface area (Å²) in [6.45, 7) is 0. The monoisotopic (exact) mass is 378 g/mol. The van der Waals surface area contributed by atoms with Crippen molar-refractivity contribution in [2.45, 2.75) is 44.6 Å². The van der Waals surface area contributed by atoms with Gasteiger partial charge < -0.3 is 9.84 Å². The number of nitrogens with zero attached hydrogens (tertiary/aromatic N) is 2. The van der Waals surface area contributed by atoms with Crippen LogP contribution >= 0.6 is 11.6 Å². The van der Waals surface area contributed by atoms with Gasteiger partial charge in [-0.25, -0.2) is 4.98 Å². The second-order valence-corrected chi connectivity index (χ2v) is 7.04. The minimum atomic E-state index is -0.775. The van der Waals surface area contributed by atoms with E-state index in [0.29, 0.717) is 30.1 Å². The van der Waals surface area contributed by atoms with Gasteiger partial charge in [-0.2, -0.15) is 9.37 Å². The number of aromatic nitrogens is 2. The Morgan fingerprint density at radius 3 is 2.58 bits per heavy atom. The van der Waals surface area contributed by atoms with Crippen molar-refractivity contribution in [2.24, 2.45) is 5.92 Å². The highest BCUT2D eigenvalue weighted by atomic mass is 35.5. The first-order chi connectivity index (χ1) is 12.5. The van der Waals surface area contributed by atoms with Crippen LogP contribution in [0.2, 0.25) is 5.02 Å². The third-order valence-electron chi connectivity index (χ3n) is 4.57. The van der Waals surface area contributed by atoms with E-state index in [1.54, 1.807) is 12.1 Å². The molecule has 138 valence electrons. The lowest BCUT2D eigenvalue weighted by molar-refractivity contribution is -0.138. The highest BCUT2D eigenvalue weighted by Gasteiger charge is 2.25. The van der Waals surface area contributed by atoms with Crippen molar-refractivity contribution >= 4 is 17.6 Å². The van der Waals surface area contributed by atoms with Crippen LogP contribution in [0.1, 0.15) is 43.5 Å². The average molecular weight is 379 g/mol. The number of aliphatic carboxylic acids is 1. The van der Waals surface area contributed by atoms with E-state index in [-0.39, 0.29) is 24.3 Å². The van der Waals surface area contributed by atoms with Crippen molar-refractivity contribution in [3.8, 4) is 5.88 Å². The van der Waals surface area contributed by atoms with Crippen molar-refractivity contribution in [1.82, 2.24) is 9.97 Å². The molecule has 1 fully saturated rings. The van der Waals surface area contributed by atoms with Gasteiger partial charge in [0.15, 0.2) is 0 Å². The fourth-order valence-electron chi connectivity index (χ4n) is 3.20. The average Bonchev–Trinajstić information content (AvgIpc) is 2.61. The Morgan fingerprint density at radius 1 is 1.23 bits per heavy atom. The van der Waals surface area contributed by atoms with E-state index >= 15 is 0 Å². The molecule has 1 heterocycles. The van der Waals surface area contributed by atoms with Gasteiger partial charge >= 0.3 is 5.97 Å². The Balaban J connectivity index is 1.61. The molecule has 0 spiro atoms. The zero-order chi connectivity index (χ0) is 18.5. The molecule has 7 heteroatoms. The Hall–Kier alpha value is -2.21. The second kappa shape index (κ2) is 8.45. The summed E-state index contributed by atoms with van der Waals surface area (Å²) in [7, 11) is 0. The number of hydrogen-bond donors (Lipinski definition) is 1. The molecule has 26 heavy (non-hydrogen) atoms. The fraction of sp³-hybridized carbons (Fsp3) is 0.421. The highest BCUT2D eigenvalue weighted by molar-refractivity contribution is 6.30. The summed E-state index contributed by atoms with van der Waals surface area (Å²) in [6, 6.07) is 7.32. The molecule has 1 N–H and O–H groups in total. The number of hydrogen-bond acceptors (Lipinski definition) is 4. The Kier molecular flexibility index (Phi) is 6.04. The molecule has 0 aliphatic heterocycles. The summed E-state index contributed by atoms with van der Waals surface area (Å²) in [5.74, 6) is -0.752. The van der Waals surface area contributed by atoms with Crippen LogP contribution in [0.25, 0.3) is 0 Å². The SMILES string of the molecule is O=C(O)C[C@H]1CC[C@H](Oc2nc(Cc3ccc(Cl)cc3)ncc2F)CC1. The molecule has 1 saturated carbocycles. The first-order valence-corrected chi connectivity index (χ1v) is 9.01. The van der Waals surface area contributed by atoms with Gasteiger partial charge in [0.25, 0.3) is 5.88 Å². The minimum absolute atomic E-state index is 0.0364. The summed E-state index contributed by atoms with van der Waals surface area (Å²) >= 11 is 5.87. The molecule has 0 atom stereocenters. The molecule has 0 amide bonds. The summed E-state index contributed by atoms with van der Waals surface area (Å²) in [4.78, 5) is 19.0. The third kappa shape index (κ3) is 5.14. The standard InChI is InChI=1S/C19H20ClFN2O3/c20-14-5-1-12(2-6-14)9-17-22-11-16(21)19(23-17)26-15-7-3-13(4-8-15)10-18(24)25/h1-2,5-6,11,13,15H,3-4,7-10H2,(H,24,25)/t13-,15-. The summed E-state index contributed by atoms with van der Waals surface area (Å²) in [5, 5.41) is 9.51. The number of carboxylic acids is 1. The maximum absolute atomic E-state index is 14.0. The molecule has 1 aliphatic rings. The number of carboxylic acid groups (broad SMARTS) is 1. The predicted molar refractivity (Wildman–Crippen MR) is 94.9 cm³/mol. The number of rotatable bonds is 6.